The van der Waals surface area contributed by atoms with E-state index in [1.807, 2.05) is 30.3 Å². The number of carbonyl (C=O) groups is 2. The van der Waals surface area contributed by atoms with Gasteiger partial charge >= 0.3 is 0 Å². The van der Waals surface area contributed by atoms with Crippen LogP contribution in [-0.4, -0.2) is 30.4 Å². The lowest BCUT2D eigenvalue weighted by Gasteiger charge is -2.24. The van der Waals surface area contributed by atoms with Crippen LogP contribution in [0.4, 0.5) is 5.69 Å². The molecule has 0 bridgehead atoms. The van der Waals surface area contributed by atoms with Crippen molar-refractivity contribution in [3.63, 3.8) is 0 Å². The summed E-state index contributed by atoms with van der Waals surface area (Å²) in [5.41, 5.74) is 0.730. The van der Waals surface area contributed by atoms with Gasteiger partial charge in [0.1, 0.15) is 17.3 Å². The van der Waals surface area contributed by atoms with Crippen LogP contribution in [0, 0.1) is 5.92 Å². The minimum Gasteiger partial charge on any atom is -0.497 e. The molecule has 7 nitrogen and oxygen atoms in total. The van der Waals surface area contributed by atoms with Gasteiger partial charge in [0, 0.05) is 24.7 Å². The van der Waals surface area contributed by atoms with Crippen LogP contribution in [0.1, 0.15) is 17.9 Å². The van der Waals surface area contributed by atoms with Gasteiger partial charge in [-0.3, -0.25) is 9.59 Å². The maximum Gasteiger partial charge on any atom is 0.228 e. The van der Waals surface area contributed by atoms with Crippen LogP contribution in [-0.2, 0) is 22.7 Å². The molecule has 2 aromatic heterocycles. The fourth-order valence-electron chi connectivity index (χ4n) is 3.55. The first kappa shape index (κ1) is 18.9. The number of hydrogen-bond acceptors (Lipinski definition) is 5. The van der Waals surface area contributed by atoms with E-state index in [1.54, 1.807) is 47.6 Å². The van der Waals surface area contributed by atoms with Gasteiger partial charge in [-0.15, -0.1) is 0 Å². The van der Waals surface area contributed by atoms with E-state index < -0.39 is 5.92 Å². The standard InChI is InChI=1S/C22H22N2O5/c1-27-18-6-2-5-17(12-18)24-13-16(11-21(24)25)22(26)23(14-19-7-3-9-28-19)15-20-8-4-10-29-20/h2-10,12,16H,11,13-15H2,1H3. The summed E-state index contributed by atoms with van der Waals surface area (Å²) in [7, 11) is 1.58. The number of amides is 2. The predicted octanol–water partition coefficient (Wildman–Crippen LogP) is 3.46. The monoisotopic (exact) mass is 394 g/mol. The summed E-state index contributed by atoms with van der Waals surface area (Å²) in [5, 5.41) is 0. The second-order valence-corrected chi connectivity index (χ2v) is 6.96. The minimum atomic E-state index is -0.432. The number of benzene rings is 1. The Morgan fingerprint density at radius 1 is 1.10 bits per heavy atom. The highest BCUT2D eigenvalue weighted by Crippen LogP contribution is 2.29. The van der Waals surface area contributed by atoms with Crippen LogP contribution in [0.25, 0.3) is 0 Å². The Balaban J connectivity index is 1.51. The van der Waals surface area contributed by atoms with Gasteiger partial charge in [0.2, 0.25) is 11.8 Å². The number of ether oxygens (including phenoxy) is 1. The van der Waals surface area contributed by atoms with Crippen LogP contribution in [0.3, 0.4) is 0 Å². The Bertz CT molecular complexity index is 929. The van der Waals surface area contributed by atoms with Crippen molar-refractivity contribution in [3.8, 4) is 5.75 Å². The number of anilines is 1. The van der Waals surface area contributed by atoms with Gasteiger partial charge < -0.3 is 23.4 Å². The molecule has 0 aliphatic carbocycles. The summed E-state index contributed by atoms with van der Waals surface area (Å²) in [5.74, 6) is 1.42. The summed E-state index contributed by atoms with van der Waals surface area (Å²) in [4.78, 5) is 29.2. The molecule has 7 heteroatoms. The fraction of sp³-hybridized carbons (Fsp3) is 0.273. The molecule has 29 heavy (non-hydrogen) atoms. The molecule has 1 unspecified atom stereocenters. The zero-order valence-electron chi connectivity index (χ0n) is 16.1. The third-order valence-corrected chi connectivity index (χ3v) is 5.00. The maximum absolute atomic E-state index is 13.3. The van der Waals surface area contributed by atoms with Crippen molar-refractivity contribution in [2.75, 3.05) is 18.6 Å². The van der Waals surface area contributed by atoms with Gasteiger partial charge in [-0.05, 0) is 36.4 Å². The Hall–Kier alpha value is -3.48. The lowest BCUT2D eigenvalue weighted by molar-refractivity contribution is -0.137. The van der Waals surface area contributed by atoms with Crippen molar-refractivity contribution >= 4 is 17.5 Å². The second-order valence-electron chi connectivity index (χ2n) is 6.96. The molecule has 150 valence electrons. The van der Waals surface area contributed by atoms with Crippen molar-refractivity contribution in [3.05, 3.63) is 72.6 Å². The van der Waals surface area contributed by atoms with Crippen molar-refractivity contribution in [1.29, 1.82) is 0 Å². The van der Waals surface area contributed by atoms with Crippen LogP contribution >= 0.6 is 0 Å². The first-order valence-electron chi connectivity index (χ1n) is 9.42. The van der Waals surface area contributed by atoms with E-state index in [0.29, 0.717) is 36.9 Å². The van der Waals surface area contributed by atoms with Crippen LogP contribution in [0.2, 0.25) is 0 Å². The van der Waals surface area contributed by atoms with Gasteiger partial charge in [0.05, 0.1) is 38.6 Å². The maximum atomic E-state index is 13.3. The number of nitrogens with zero attached hydrogens (tertiary/aromatic N) is 2. The molecule has 1 aliphatic heterocycles. The predicted molar refractivity (Wildman–Crippen MR) is 105 cm³/mol. The number of furan rings is 2. The number of hydrogen-bond donors (Lipinski definition) is 0. The molecular weight excluding hydrogens is 372 g/mol. The zero-order chi connectivity index (χ0) is 20.2. The highest BCUT2D eigenvalue weighted by Gasteiger charge is 2.37. The summed E-state index contributed by atoms with van der Waals surface area (Å²) >= 11 is 0. The molecular formula is C22H22N2O5. The second kappa shape index (κ2) is 8.26. The first-order chi connectivity index (χ1) is 14.1. The highest BCUT2D eigenvalue weighted by atomic mass is 16.5. The third kappa shape index (κ3) is 4.18. The molecule has 3 heterocycles. The molecule has 3 aromatic rings. The van der Waals surface area contributed by atoms with Crippen molar-refractivity contribution in [2.24, 2.45) is 5.92 Å². The van der Waals surface area contributed by atoms with Gasteiger partial charge in [-0.1, -0.05) is 6.07 Å². The van der Waals surface area contributed by atoms with Gasteiger partial charge in [-0.2, -0.15) is 0 Å². The molecule has 0 saturated carbocycles. The summed E-state index contributed by atoms with van der Waals surface area (Å²) < 4.78 is 16.1. The lowest BCUT2D eigenvalue weighted by atomic mass is 10.1. The van der Waals surface area contributed by atoms with E-state index in [-0.39, 0.29) is 18.2 Å². The molecule has 0 radical (unpaired) electrons. The highest BCUT2D eigenvalue weighted by molar-refractivity contribution is 6.00. The Morgan fingerprint density at radius 2 is 1.79 bits per heavy atom. The normalized spacial score (nSPS) is 16.2. The first-order valence-corrected chi connectivity index (χ1v) is 9.42. The van der Waals surface area contributed by atoms with E-state index in [0.717, 1.165) is 5.69 Å². The largest absolute Gasteiger partial charge is 0.497 e. The third-order valence-electron chi connectivity index (χ3n) is 5.00. The summed E-state index contributed by atoms with van der Waals surface area (Å²) in [6, 6.07) is 14.5. The van der Waals surface area contributed by atoms with Crippen molar-refractivity contribution in [2.45, 2.75) is 19.5 Å². The van der Waals surface area contributed by atoms with Gasteiger partial charge in [0.25, 0.3) is 0 Å². The van der Waals surface area contributed by atoms with Crippen LogP contribution in [0.15, 0.2) is 69.9 Å². The smallest absolute Gasteiger partial charge is 0.228 e. The average Bonchev–Trinajstić information content (AvgIpc) is 3.49. The fourth-order valence-corrected chi connectivity index (χ4v) is 3.55. The Kier molecular flexibility index (Phi) is 5.37. The molecule has 1 saturated heterocycles. The lowest BCUT2D eigenvalue weighted by Crippen LogP contribution is -2.36. The SMILES string of the molecule is COc1cccc(N2CC(C(=O)N(Cc3ccco3)Cc3ccco3)CC2=O)c1. The minimum absolute atomic E-state index is 0.0763. The number of carbonyl (C=O) groups excluding carboxylic acids is 2. The molecule has 2 amide bonds. The zero-order valence-corrected chi connectivity index (χ0v) is 16.1. The quantitative estimate of drug-likeness (QED) is 0.613. The van der Waals surface area contributed by atoms with Crippen molar-refractivity contribution in [1.82, 2.24) is 4.90 Å². The number of methoxy groups -OCH3 is 1. The topological polar surface area (TPSA) is 76.1 Å². The van der Waals surface area contributed by atoms with E-state index in [2.05, 4.69) is 0 Å². The van der Waals surface area contributed by atoms with Crippen LogP contribution in [0.5, 0.6) is 5.75 Å². The van der Waals surface area contributed by atoms with Crippen LogP contribution < -0.4 is 9.64 Å². The molecule has 4 rings (SSSR count). The van der Waals surface area contributed by atoms with Crippen molar-refractivity contribution < 1.29 is 23.2 Å². The molecule has 1 atom stereocenters. The summed E-state index contributed by atoms with van der Waals surface area (Å²) in [6.07, 6.45) is 3.33. The molecule has 0 N–H and O–H groups in total. The van der Waals surface area contributed by atoms with E-state index in [9.17, 15) is 9.59 Å². The Morgan fingerprint density at radius 3 is 2.38 bits per heavy atom. The number of rotatable bonds is 7. The Labute approximate surface area is 168 Å². The molecule has 0 spiro atoms. The van der Waals surface area contributed by atoms with E-state index in [4.69, 9.17) is 13.6 Å². The molecule has 1 aromatic carbocycles. The van der Waals surface area contributed by atoms with Gasteiger partial charge in [-0.25, -0.2) is 0 Å². The molecule has 1 fully saturated rings. The average molecular weight is 394 g/mol. The van der Waals surface area contributed by atoms with E-state index in [1.165, 1.54) is 0 Å². The van der Waals surface area contributed by atoms with E-state index >= 15 is 0 Å². The molecule has 1 aliphatic rings. The summed E-state index contributed by atoms with van der Waals surface area (Å²) in [6.45, 7) is 0.963. The van der Waals surface area contributed by atoms with Gasteiger partial charge in [0.15, 0.2) is 0 Å².